The summed E-state index contributed by atoms with van der Waals surface area (Å²) in [5, 5.41) is 10.2. The number of esters is 1. The first-order valence-corrected chi connectivity index (χ1v) is 9.11. The molecule has 1 N–H and O–H groups in total. The minimum Gasteiger partial charge on any atom is -0.508 e. The number of carbonyl (C=O) groups is 2. The first-order chi connectivity index (χ1) is 13.0. The van der Waals surface area contributed by atoms with Crippen molar-refractivity contribution in [3.05, 3.63) is 64.6 Å². The van der Waals surface area contributed by atoms with E-state index in [1.54, 1.807) is 53.4 Å². The van der Waals surface area contributed by atoms with Gasteiger partial charge in [-0.2, -0.15) is 0 Å². The summed E-state index contributed by atoms with van der Waals surface area (Å²) in [4.78, 5) is 30.8. The van der Waals surface area contributed by atoms with Gasteiger partial charge >= 0.3 is 5.97 Å². The van der Waals surface area contributed by atoms with Crippen LogP contribution in [0.5, 0.6) is 5.75 Å². The van der Waals surface area contributed by atoms with Crippen molar-refractivity contribution in [2.24, 2.45) is 4.99 Å². The molecule has 2 aromatic rings. The second kappa shape index (κ2) is 8.09. The fourth-order valence-electron chi connectivity index (χ4n) is 2.54. The summed E-state index contributed by atoms with van der Waals surface area (Å²) in [6, 6.07) is 13.4. The lowest BCUT2D eigenvalue weighted by Gasteiger charge is -2.12. The number of phenols is 1. The van der Waals surface area contributed by atoms with Gasteiger partial charge in [-0.1, -0.05) is 12.1 Å². The third-order valence-corrected chi connectivity index (χ3v) is 4.89. The van der Waals surface area contributed by atoms with Crippen molar-refractivity contribution < 1.29 is 19.4 Å². The van der Waals surface area contributed by atoms with Gasteiger partial charge < -0.3 is 9.84 Å². The molecule has 0 unspecified atom stereocenters. The Morgan fingerprint density at radius 2 is 2.00 bits per heavy atom. The average molecular weight is 382 g/mol. The number of aliphatic imine (C=N–C) groups is 1. The Bertz CT molecular complexity index is 935. The topological polar surface area (TPSA) is 79.2 Å². The molecule has 1 heterocycles. The Morgan fingerprint density at radius 3 is 2.63 bits per heavy atom. The molecule has 7 heteroatoms. The second-order valence-electron chi connectivity index (χ2n) is 5.69. The number of thioether (sulfide) groups is 1. The lowest BCUT2D eigenvalue weighted by molar-refractivity contribution is -0.122. The van der Waals surface area contributed by atoms with E-state index >= 15 is 0 Å². The second-order valence-corrected chi connectivity index (χ2v) is 6.70. The van der Waals surface area contributed by atoms with Gasteiger partial charge in [0.1, 0.15) is 5.75 Å². The molecule has 138 valence electrons. The fraction of sp³-hybridized carbons (Fsp3) is 0.150. The minimum atomic E-state index is -0.411. The highest BCUT2D eigenvalue weighted by atomic mass is 32.2. The van der Waals surface area contributed by atoms with Crippen LogP contribution in [0.3, 0.4) is 0 Å². The molecule has 0 spiro atoms. The monoisotopic (exact) mass is 382 g/mol. The molecule has 0 saturated carbocycles. The quantitative estimate of drug-likeness (QED) is 0.643. The molecule has 1 aliphatic rings. The zero-order chi connectivity index (χ0) is 19.4. The summed E-state index contributed by atoms with van der Waals surface area (Å²) >= 11 is 1.28. The van der Waals surface area contributed by atoms with E-state index in [2.05, 4.69) is 9.73 Å². The Hall–Kier alpha value is -3.06. The number of likely N-dealkylation sites (N-methyl/N-ethyl adjacent to an activating group) is 1. The van der Waals surface area contributed by atoms with Gasteiger partial charge in [0, 0.05) is 6.54 Å². The van der Waals surface area contributed by atoms with Crippen molar-refractivity contribution in [2.45, 2.75) is 6.92 Å². The molecule has 27 heavy (non-hydrogen) atoms. The summed E-state index contributed by atoms with van der Waals surface area (Å²) in [5.41, 5.74) is 1.81. The van der Waals surface area contributed by atoms with E-state index < -0.39 is 5.97 Å². The minimum absolute atomic E-state index is 0.129. The Balaban J connectivity index is 1.88. The number of methoxy groups -OCH3 is 1. The molecular weight excluding hydrogens is 364 g/mol. The van der Waals surface area contributed by atoms with Crippen molar-refractivity contribution in [3.63, 3.8) is 0 Å². The molecule has 1 fully saturated rings. The van der Waals surface area contributed by atoms with E-state index in [-0.39, 0.29) is 11.7 Å². The van der Waals surface area contributed by atoms with Gasteiger partial charge in [0.25, 0.3) is 5.91 Å². The summed E-state index contributed by atoms with van der Waals surface area (Å²) in [5.74, 6) is -0.395. The average Bonchev–Trinajstić information content (AvgIpc) is 2.96. The van der Waals surface area contributed by atoms with Crippen molar-refractivity contribution in [3.8, 4) is 5.75 Å². The first kappa shape index (κ1) is 18.7. The predicted octanol–water partition coefficient (Wildman–Crippen LogP) is 3.80. The van der Waals surface area contributed by atoms with Crippen molar-refractivity contribution in [2.75, 3.05) is 13.7 Å². The van der Waals surface area contributed by atoms with Crippen LogP contribution < -0.4 is 0 Å². The van der Waals surface area contributed by atoms with Gasteiger partial charge in [0.2, 0.25) is 0 Å². The van der Waals surface area contributed by atoms with E-state index in [1.807, 2.05) is 13.0 Å². The molecule has 0 bridgehead atoms. The summed E-state index contributed by atoms with van der Waals surface area (Å²) in [6.07, 6.45) is 1.73. The third-order valence-electron chi connectivity index (χ3n) is 3.89. The Morgan fingerprint density at radius 1 is 1.26 bits per heavy atom. The van der Waals surface area contributed by atoms with Gasteiger partial charge in [-0.05, 0) is 66.7 Å². The number of hydrogen-bond acceptors (Lipinski definition) is 6. The number of carbonyl (C=O) groups excluding carboxylic acids is 2. The summed E-state index contributed by atoms with van der Waals surface area (Å²) in [7, 11) is 1.33. The number of phenolic OH excluding ortho intramolecular Hbond substituents is 1. The van der Waals surface area contributed by atoms with E-state index in [1.165, 1.54) is 18.9 Å². The zero-order valence-corrected chi connectivity index (χ0v) is 15.7. The van der Waals surface area contributed by atoms with Gasteiger partial charge in [0.15, 0.2) is 5.17 Å². The SMILES string of the molecule is CCN1C(=O)C(=Cc2cccc(O)c2)SC1=Nc1ccc(C(=O)OC)cc1. The van der Waals surface area contributed by atoms with Crippen LogP contribution in [-0.2, 0) is 9.53 Å². The van der Waals surface area contributed by atoms with Crippen LogP contribution in [0.1, 0.15) is 22.8 Å². The van der Waals surface area contributed by atoms with Crippen LogP contribution in [0.25, 0.3) is 6.08 Å². The first-order valence-electron chi connectivity index (χ1n) is 8.29. The number of benzene rings is 2. The molecule has 6 nitrogen and oxygen atoms in total. The van der Waals surface area contributed by atoms with E-state index in [4.69, 9.17) is 0 Å². The molecule has 0 atom stereocenters. The highest BCUT2D eigenvalue weighted by molar-refractivity contribution is 8.18. The predicted molar refractivity (Wildman–Crippen MR) is 106 cm³/mol. The zero-order valence-electron chi connectivity index (χ0n) is 14.9. The highest BCUT2D eigenvalue weighted by Crippen LogP contribution is 2.34. The van der Waals surface area contributed by atoms with Crippen LogP contribution in [0.2, 0.25) is 0 Å². The normalized spacial score (nSPS) is 17.0. The maximum Gasteiger partial charge on any atom is 0.337 e. The molecule has 1 aliphatic heterocycles. The number of ether oxygens (including phenoxy) is 1. The number of hydrogen-bond donors (Lipinski definition) is 1. The maximum absolute atomic E-state index is 12.6. The molecular formula is C20H18N2O4S. The van der Waals surface area contributed by atoms with Crippen LogP contribution >= 0.6 is 11.8 Å². The fourth-order valence-corrected chi connectivity index (χ4v) is 3.60. The third kappa shape index (κ3) is 4.20. The number of rotatable bonds is 4. The van der Waals surface area contributed by atoms with Gasteiger partial charge in [-0.25, -0.2) is 9.79 Å². The van der Waals surface area contributed by atoms with Crippen LogP contribution in [0.4, 0.5) is 5.69 Å². The molecule has 0 radical (unpaired) electrons. The van der Waals surface area contributed by atoms with Gasteiger partial charge in [-0.15, -0.1) is 0 Å². The van der Waals surface area contributed by atoms with Crippen molar-refractivity contribution in [1.29, 1.82) is 0 Å². The molecule has 0 aromatic heterocycles. The molecule has 2 aromatic carbocycles. The number of amidine groups is 1. The van der Waals surface area contributed by atoms with Crippen LogP contribution in [-0.4, -0.2) is 40.7 Å². The van der Waals surface area contributed by atoms with E-state index in [0.29, 0.717) is 27.9 Å². The summed E-state index contributed by atoms with van der Waals surface area (Å²) < 4.78 is 4.68. The van der Waals surface area contributed by atoms with Gasteiger partial charge in [-0.3, -0.25) is 9.69 Å². The summed E-state index contributed by atoms with van der Waals surface area (Å²) in [6.45, 7) is 2.37. The number of nitrogens with zero attached hydrogens (tertiary/aromatic N) is 2. The highest BCUT2D eigenvalue weighted by Gasteiger charge is 2.32. The lowest BCUT2D eigenvalue weighted by atomic mass is 10.2. The maximum atomic E-state index is 12.6. The van der Waals surface area contributed by atoms with Crippen molar-refractivity contribution >= 4 is 40.6 Å². The van der Waals surface area contributed by atoms with Gasteiger partial charge in [0.05, 0.1) is 23.3 Å². The van der Waals surface area contributed by atoms with E-state index in [0.717, 1.165) is 5.56 Å². The molecule has 1 amide bonds. The van der Waals surface area contributed by atoms with E-state index in [9.17, 15) is 14.7 Å². The lowest BCUT2D eigenvalue weighted by Crippen LogP contribution is -2.28. The largest absolute Gasteiger partial charge is 0.508 e. The van der Waals surface area contributed by atoms with Crippen LogP contribution in [0, 0.1) is 0 Å². The van der Waals surface area contributed by atoms with Crippen molar-refractivity contribution in [1.82, 2.24) is 4.90 Å². The molecule has 3 rings (SSSR count). The Labute approximate surface area is 161 Å². The molecule has 0 aliphatic carbocycles. The Kier molecular flexibility index (Phi) is 5.61. The van der Waals surface area contributed by atoms with Crippen LogP contribution in [0.15, 0.2) is 58.4 Å². The molecule has 1 saturated heterocycles. The smallest absolute Gasteiger partial charge is 0.337 e. The number of amides is 1. The standard InChI is InChI=1S/C20H18N2O4S/c1-3-22-18(24)17(12-13-5-4-6-16(23)11-13)27-20(22)21-15-9-7-14(8-10-15)19(25)26-2/h4-12,23H,3H2,1-2H3. The number of aromatic hydroxyl groups is 1.